The SMILES string of the molecule is c1ccc2c(B3c4c(ccc5ccccc45)-c4ccc5cc6c7c(ccc8cc3c4c5c87)-c3ccc4ccccc4c3B6c3cccc4ccccc34)cccc2c1. The molecule has 0 N–H and O–H groups in total. The van der Waals surface area contributed by atoms with E-state index in [-0.39, 0.29) is 13.4 Å². The highest BCUT2D eigenvalue weighted by Gasteiger charge is 2.39. The Morgan fingerprint density at radius 2 is 0.569 bits per heavy atom. The third-order valence-corrected chi connectivity index (χ3v) is 13.9. The normalized spacial score (nSPS) is 13.1. The van der Waals surface area contributed by atoms with Gasteiger partial charge in [-0.25, -0.2) is 0 Å². The fraction of sp³-hybridized carbons (Fsp3) is 0. The first kappa shape index (κ1) is 31.0. The van der Waals surface area contributed by atoms with Gasteiger partial charge in [0.2, 0.25) is 13.4 Å². The first-order valence-electron chi connectivity index (χ1n) is 20.6. The fourth-order valence-corrected chi connectivity index (χ4v) is 11.6. The molecule has 262 valence electrons. The van der Waals surface area contributed by atoms with Crippen molar-refractivity contribution in [3.63, 3.8) is 0 Å². The van der Waals surface area contributed by atoms with Crippen LogP contribution < -0.4 is 32.8 Å². The Labute approximate surface area is 336 Å². The van der Waals surface area contributed by atoms with E-state index in [4.69, 9.17) is 0 Å². The van der Waals surface area contributed by atoms with Crippen molar-refractivity contribution in [2.75, 3.05) is 0 Å². The van der Waals surface area contributed by atoms with Crippen molar-refractivity contribution in [2.45, 2.75) is 0 Å². The summed E-state index contributed by atoms with van der Waals surface area (Å²) < 4.78 is 0. The summed E-state index contributed by atoms with van der Waals surface area (Å²) in [6.07, 6.45) is 0. The van der Waals surface area contributed by atoms with E-state index in [1.165, 1.54) is 130 Å². The van der Waals surface area contributed by atoms with Crippen LogP contribution in [0.5, 0.6) is 0 Å². The van der Waals surface area contributed by atoms with Crippen LogP contribution in [0.3, 0.4) is 0 Å². The molecule has 2 aliphatic heterocycles. The molecule has 0 nitrogen and oxygen atoms in total. The number of fused-ring (bicyclic) bond motifs is 10. The molecule has 0 bridgehead atoms. The molecule has 12 aromatic carbocycles. The van der Waals surface area contributed by atoms with Gasteiger partial charge in [-0.3, -0.25) is 0 Å². The molecular formula is C56H32B2. The van der Waals surface area contributed by atoms with Gasteiger partial charge in [0.1, 0.15) is 0 Å². The van der Waals surface area contributed by atoms with Crippen LogP contribution in [0.1, 0.15) is 0 Å². The lowest BCUT2D eigenvalue weighted by Gasteiger charge is -2.33. The monoisotopic (exact) mass is 726 g/mol. The quantitative estimate of drug-likeness (QED) is 0.123. The first-order valence-corrected chi connectivity index (χ1v) is 20.6. The second-order valence-corrected chi connectivity index (χ2v) is 16.6. The molecule has 0 aliphatic carbocycles. The molecule has 0 atom stereocenters. The van der Waals surface area contributed by atoms with Gasteiger partial charge in [0.25, 0.3) is 0 Å². The minimum Gasteiger partial charge on any atom is -0.0663 e. The zero-order valence-electron chi connectivity index (χ0n) is 31.6. The Kier molecular flexibility index (Phi) is 6.01. The van der Waals surface area contributed by atoms with Crippen LogP contribution in [0, 0.1) is 0 Å². The van der Waals surface area contributed by atoms with Gasteiger partial charge in [0.15, 0.2) is 0 Å². The van der Waals surface area contributed by atoms with Gasteiger partial charge in [0, 0.05) is 0 Å². The first-order chi connectivity index (χ1) is 28.8. The molecule has 0 saturated heterocycles. The maximum absolute atomic E-state index is 2.58. The lowest BCUT2D eigenvalue weighted by molar-refractivity contribution is 1.69. The van der Waals surface area contributed by atoms with Crippen molar-refractivity contribution < 1.29 is 0 Å². The van der Waals surface area contributed by atoms with Crippen LogP contribution in [-0.2, 0) is 0 Å². The van der Waals surface area contributed by atoms with Gasteiger partial charge in [-0.1, -0.05) is 227 Å². The molecular weight excluding hydrogens is 694 g/mol. The predicted molar refractivity (Wildman–Crippen MR) is 253 cm³/mol. The van der Waals surface area contributed by atoms with Crippen molar-refractivity contribution >= 4 is 122 Å². The maximum Gasteiger partial charge on any atom is 0.244 e. The molecule has 0 radical (unpaired) electrons. The van der Waals surface area contributed by atoms with E-state index in [2.05, 4.69) is 194 Å². The predicted octanol–water partition coefficient (Wildman–Crippen LogP) is 10.2. The Bertz CT molecular complexity index is 3510. The largest absolute Gasteiger partial charge is 0.244 e. The third-order valence-electron chi connectivity index (χ3n) is 13.9. The fourth-order valence-electron chi connectivity index (χ4n) is 11.6. The number of hydrogen-bond donors (Lipinski definition) is 0. The van der Waals surface area contributed by atoms with E-state index in [0.29, 0.717) is 0 Å². The van der Waals surface area contributed by atoms with Crippen LogP contribution in [0.15, 0.2) is 194 Å². The van der Waals surface area contributed by atoms with Crippen LogP contribution in [-0.4, -0.2) is 13.4 Å². The summed E-state index contributed by atoms with van der Waals surface area (Å²) >= 11 is 0. The van der Waals surface area contributed by atoms with E-state index in [1.54, 1.807) is 0 Å². The summed E-state index contributed by atoms with van der Waals surface area (Å²) in [6.45, 7) is 0.132. The Balaban J connectivity index is 1.17. The zero-order chi connectivity index (χ0) is 37.6. The summed E-state index contributed by atoms with van der Waals surface area (Å²) in [7, 11) is 0. The molecule has 0 unspecified atom stereocenters. The van der Waals surface area contributed by atoms with E-state index >= 15 is 0 Å². The van der Waals surface area contributed by atoms with E-state index < -0.39 is 0 Å². The van der Waals surface area contributed by atoms with Crippen molar-refractivity contribution in [1.29, 1.82) is 0 Å². The highest BCUT2D eigenvalue weighted by atomic mass is 14.3. The van der Waals surface area contributed by atoms with Crippen molar-refractivity contribution in [1.82, 2.24) is 0 Å². The summed E-state index contributed by atoms with van der Waals surface area (Å²) in [6, 6.07) is 74.1. The average Bonchev–Trinajstić information content (AvgIpc) is 3.29. The second-order valence-electron chi connectivity index (χ2n) is 16.6. The molecule has 12 aromatic rings. The molecule has 58 heavy (non-hydrogen) atoms. The summed E-state index contributed by atoms with van der Waals surface area (Å²) in [5.74, 6) is 0. The summed E-state index contributed by atoms with van der Waals surface area (Å²) in [4.78, 5) is 0. The second kappa shape index (κ2) is 11.2. The highest BCUT2D eigenvalue weighted by Crippen LogP contribution is 2.44. The van der Waals surface area contributed by atoms with Crippen LogP contribution >= 0.6 is 0 Å². The molecule has 2 heterocycles. The third kappa shape index (κ3) is 3.92. The van der Waals surface area contributed by atoms with Gasteiger partial charge in [-0.2, -0.15) is 0 Å². The summed E-state index contributed by atoms with van der Waals surface area (Å²) in [5.41, 5.74) is 13.8. The molecule has 14 rings (SSSR count). The van der Waals surface area contributed by atoms with Crippen LogP contribution in [0.25, 0.3) is 97.7 Å². The molecule has 2 aliphatic rings. The molecule has 0 aromatic heterocycles. The Morgan fingerprint density at radius 3 is 1.02 bits per heavy atom. The standard InChI is InChI=1S/C56H32B2/c1-5-17-39-33(11-1)15-9-21-47(39)57-49-31-37-25-28-44-46-30-24-36-14-4-8-20-42(36)56(46)58(48-22-10-16-34-12-2-6-18-40(34)48)50-32-38-26-27-43(53(49)51(38)52(37)54(44)50)45-29-23-35-13-3-7-19-41(35)55(45)57/h1-32H. The van der Waals surface area contributed by atoms with Gasteiger partial charge in [-0.05, 0) is 97.7 Å². The minimum atomic E-state index is 0.0660. The number of benzene rings is 12. The number of hydrogen-bond acceptors (Lipinski definition) is 0. The van der Waals surface area contributed by atoms with Crippen LogP contribution in [0.2, 0.25) is 0 Å². The van der Waals surface area contributed by atoms with Gasteiger partial charge in [-0.15, -0.1) is 0 Å². The maximum atomic E-state index is 2.58. The Hall–Kier alpha value is -7.15. The lowest BCUT2D eigenvalue weighted by Crippen LogP contribution is -2.56. The van der Waals surface area contributed by atoms with Crippen molar-refractivity contribution in [3.8, 4) is 22.3 Å². The smallest absolute Gasteiger partial charge is 0.0663 e. The zero-order valence-corrected chi connectivity index (χ0v) is 31.6. The highest BCUT2D eigenvalue weighted by molar-refractivity contribution is 7.02. The van der Waals surface area contributed by atoms with Gasteiger partial charge >= 0.3 is 0 Å². The van der Waals surface area contributed by atoms with Crippen molar-refractivity contribution in [2.24, 2.45) is 0 Å². The molecule has 0 amide bonds. The Morgan fingerprint density at radius 1 is 0.224 bits per heavy atom. The van der Waals surface area contributed by atoms with Crippen LogP contribution in [0.4, 0.5) is 0 Å². The minimum absolute atomic E-state index is 0.0660. The van der Waals surface area contributed by atoms with Gasteiger partial charge < -0.3 is 0 Å². The molecule has 2 heteroatoms. The summed E-state index contributed by atoms with van der Waals surface area (Å²) in [5, 5.41) is 18.7. The average molecular weight is 726 g/mol. The van der Waals surface area contributed by atoms with E-state index in [0.717, 1.165) is 0 Å². The van der Waals surface area contributed by atoms with Crippen molar-refractivity contribution in [3.05, 3.63) is 194 Å². The molecule has 0 spiro atoms. The molecule has 0 saturated carbocycles. The topological polar surface area (TPSA) is 0 Å². The van der Waals surface area contributed by atoms with E-state index in [9.17, 15) is 0 Å². The van der Waals surface area contributed by atoms with E-state index in [1.807, 2.05) is 0 Å². The molecule has 0 fully saturated rings. The lowest BCUT2D eigenvalue weighted by atomic mass is 9.32. The number of rotatable bonds is 2. The van der Waals surface area contributed by atoms with Gasteiger partial charge in [0.05, 0.1) is 0 Å².